The molecule has 0 radical (unpaired) electrons. The topological polar surface area (TPSA) is 92.4 Å². The normalized spacial score (nSPS) is 10.7. The van der Waals surface area contributed by atoms with Crippen LogP contribution in [-0.4, -0.2) is 36.7 Å². The fourth-order valence-corrected chi connectivity index (χ4v) is 3.41. The number of ether oxygens (including phenoxy) is 1. The lowest BCUT2D eigenvalue weighted by Crippen LogP contribution is -2.36. The molecule has 7 nitrogen and oxygen atoms in total. The first-order valence-electron chi connectivity index (χ1n) is 9.32. The van der Waals surface area contributed by atoms with Gasteiger partial charge < -0.3 is 15.4 Å². The van der Waals surface area contributed by atoms with Crippen LogP contribution in [0, 0.1) is 5.82 Å². The zero-order valence-corrected chi connectivity index (χ0v) is 18.6. The number of anilines is 1. The molecule has 0 spiro atoms. The van der Waals surface area contributed by atoms with Crippen molar-refractivity contribution >= 4 is 56.1 Å². The van der Waals surface area contributed by atoms with Gasteiger partial charge in [-0.2, -0.15) is 0 Å². The van der Waals surface area contributed by atoms with E-state index >= 15 is 0 Å². The highest BCUT2D eigenvalue weighted by molar-refractivity contribution is 9.10. The van der Waals surface area contributed by atoms with Crippen molar-refractivity contribution in [2.24, 2.45) is 0 Å². The lowest BCUT2D eigenvalue weighted by atomic mass is 10.2. The summed E-state index contributed by atoms with van der Waals surface area (Å²) in [5.74, 6) is -0.439. The van der Waals surface area contributed by atoms with E-state index in [0.29, 0.717) is 11.4 Å². The van der Waals surface area contributed by atoms with E-state index in [1.54, 1.807) is 24.4 Å². The predicted molar refractivity (Wildman–Crippen MR) is 121 cm³/mol. The largest absolute Gasteiger partial charge is 0.447 e. The second-order valence-corrected chi connectivity index (χ2v) is 7.69. The minimum atomic E-state index is -0.671. The Morgan fingerprint density at radius 2 is 2.00 bits per heavy atom. The third-order valence-electron chi connectivity index (χ3n) is 4.23. The van der Waals surface area contributed by atoms with E-state index in [4.69, 9.17) is 16.3 Å². The monoisotopic (exact) mass is 508 g/mol. The number of hydrogen-bond acceptors (Lipinski definition) is 5. The van der Waals surface area contributed by atoms with E-state index < -0.39 is 11.9 Å². The number of amides is 2. The highest BCUT2D eigenvalue weighted by atomic mass is 79.9. The number of pyridine rings is 1. The third kappa shape index (κ3) is 6.61. The van der Waals surface area contributed by atoms with E-state index in [2.05, 4.69) is 36.9 Å². The SMILES string of the molecule is O=C(CNCc1cccc(F)c1Cl)NCCOC(=O)Nc1cc2cccc(Br)c2cn1. The van der Waals surface area contributed by atoms with E-state index in [1.165, 1.54) is 6.07 Å². The number of nitrogens with one attached hydrogen (secondary N) is 3. The molecule has 0 atom stereocenters. The number of aromatic nitrogens is 1. The number of rotatable bonds is 8. The molecule has 2 amide bonds. The number of fused-ring (bicyclic) bond motifs is 1. The molecule has 3 N–H and O–H groups in total. The maximum atomic E-state index is 13.4. The molecule has 3 aromatic rings. The van der Waals surface area contributed by atoms with E-state index in [-0.39, 0.29) is 37.2 Å². The second-order valence-electron chi connectivity index (χ2n) is 6.46. The first-order valence-corrected chi connectivity index (χ1v) is 10.5. The van der Waals surface area contributed by atoms with Crippen molar-refractivity contribution in [2.75, 3.05) is 25.0 Å². The van der Waals surface area contributed by atoms with Gasteiger partial charge in [-0.25, -0.2) is 14.2 Å². The van der Waals surface area contributed by atoms with Crippen LogP contribution < -0.4 is 16.0 Å². The quantitative estimate of drug-likeness (QED) is 0.395. The Morgan fingerprint density at radius 1 is 1.19 bits per heavy atom. The summed E-state index contributed by atoms with van der Waals surface area (Å²) in [6, 6.07) is 11.9. The summed E-state index contributed by atoms with van der Waals surface area (Å²) in [6.45, 7) is 0.396. The number of carbonyl (C=O) groups is 2. The molecule has 0 unspecified atom stereocenters. The molecule has 1 aromatic heterocycles. The summed E-state index contributed by atoms with van der Waals surface area (Å²) in [6.07, 6.45) is 0.981. The Balaban J connectivity index is 1.34. The van der Waals surface area contributed by atoms with Gasteiger partial charge in [0.1, 0.15) is 18.2 Å². The van der Waals surface area contributed by atoms with Gasteiger partial charge in [0.2, 0.25) is 5.91 Å². The number of carbonyl (C=O) groups excluding carboxylic acids is 2. The van der Waals surface area contributed by atoms with Crippen LogP contribution in [0.25, 0.3) is 10.8 Å². The van der Waals surface area contributed by atoms with Gasteiger partial charge in [-0.3, -0.25) is 10.1 Å². The van der Waals surface area contributed by atoms with Gasteiger partial charge in [0, 0.05) is 22.6 Å². The van der Waals surface area contributed by atoms with Gasteiger partial charge in [-0.15, -0.1) is 0 Å². The van der Waals surface area contributed by atoms with Crippen LogP contribution in [0.15, 0.2) is 53.1 Å². The minimum absolute atomic E-state index is 0.00751. The van der Waals surface area contributed by atoms with Crippen molar-refractivity contribution in [2.45, 2.75) is 6.54 Å². The number of benzene rings is 2. The van der Waals surface area contributed by atoms with Crippen molar-refractivity contribution in [1.29, 1.82) is 0 Å². The molecule has 0 aliphatic rings. The summed E-state index contributed by atoms with van der Waals surface area (Å²) in [5, 5.41) is 9.91. The van der Waals surface area contributed by atoms with Crippen LogP contribution in [0.5, 0.6) is 0 Å². The van der Waals surface area contributed by atoms with Gasteiger partial charge in [0.05, 0.1) is 18.1 Å². The second kappa shape index (κ2) is 11.0. The van der Waals surface area contributed by atoms with Crippen molar-refractivity contribution in [1.82, 2.24) is 15.6 Å². The lowest BCUT2D eigenvalue weighted by Gasteiger charge is -2.10. The summed E-state index contributed by atoms with van der Waals surface area (Å²) < 4.78 is 19.3. The maximum Gasteiger partial charge on any atom is 0.412 e. The summed E-state index contributed by atoms with van der Waals surface area (Å²) in [5.41, 5.74) is 0.559. The Bertz CT molecular complexity index is 1100. The van der Waals surface area contributed by atoms with Crippen LogP contribution in [-0.2, 0) is 16.1 Å². The van der Waals surface area contributed by atoms with E-state index in [9.17, 15) is 14.0 Å². The Kier molecular flexibility index (Phi) is 8.16. The first kappa shape index (κ1) is 22.9. The average molecular weight is 510 g/mol. The van der Waals surface area contributed by atoms with Crippen LogP contribution >= 0.6 is 27.5 Å². The van der Waals surface area contributed by atoms with Crippen molar-refractivity contribution < 1.29 is 18.7 Å². The zero-order chi connectivity index (χ0) is 22.2. The van der Waals surface area contributed by atoms with Gasteiger partial charge >= 0.3 is 6.09 Å². The first-order chi connectivity index (χ1) is 14.9. The van der Waals surface area contributed by atoms with Crippen molar-refractivity contribution in [3.63, 3.8) is 0 Å². The highest BCUT2D eigenvalue weighted by Gasteiger charge is 2.08. The summed E-state index contributed by atoms with van der Waals surface area (Å²) in [4.78, 5) is 27.9. The average Bonchev–Trinajstić information content (AvgIpc) is 2.74. The summed E-state index contributed by atoms with van der Waals surface area (Å²) in [7, 11) is 0. The van der Waals surface area contributed by atoms with Gasteiger partial charge in [-0.05, 0) is 29.1 Å². The van der Waals surface area contributed by atoms with Crippen molar-refractivity contribution in [3.8, 4) is 0 Å². The van der Waals surface area contributed by atoms with Crippen LogP contribution in [0.2, 0.25) is 5.02 Å². The Labute approximate surface area is 191 Å². The molecule has 3 rings (SSSR count). The van der Waals surface area contributed by atoms with Gasteiger partial charge in [0.15, 0.2) is 0 Å². The molecule has 0 saturated heterocycles. The molecular weight excluding hydrogens is 491 g/mol. The van der Waals surface area contributed by atoms with E-state index in [0.717, 1.165) is 15.2 Å². The molecule has 162 valence electrons. The minimum Gasteiger partial charge on any atom is -0.447 e. The van der Waals surface area contributed by atoms with Crippen LogP contribution in [0.1, 0.15) is 5.56 Å². The van der Waals surface area contributed by atoms with Crippen LogP contribution in [0.3, 0.4) is 0 Å². The van der Waals surface area contributed by atoms with E-state index in [1.807, 2.05) is 18.2 Å². The third-order valence-corrected chi connectivity index (χ3v) is 5.35. The van der Waals surface area contributed by atoms with Crippen LogP contribution in [0.4, 0.5) is 15.0 Å². The molecule has 31 heavy (non-hydrogen) atoms. The van der Waals surface area contributed by atoms with Crippen molar-refractivity contribution in [3.05, 3.63) is 69.5 Å². The standard InChI is InChI=1S/C21H19BrClFN4O3/c22-16-5-1-3-13-9-18(27-11-15(13)16)28-21(30)31-8-7-26-19(29)12-25-10-14-4-2-6-17(24)20(14)23/h1-6,9,11,25H,7-8,10,12H2,(H,26,29)(H,27,28,30). The van der Waals surface area contributed by atoms with Gasteiger partial charge in [0.25, 0.3) is 0 Å². The smallest absolute Gasteiger partial charge is 0.412 e. The number of nitrogens with zero attached hydrogens (tertiary/aromatic N) is 1. The molecule has 0 saturated carbocycles. The molecule has 0 bridgehead atoms. The maximum absolute atomic E-state index is 13.4. The molecule has 0 aliphatic carbocycles. The molecule has 0 fully saturated rings. The predicted octanol–water partition coefficient (Wildman–Crippen LogP) is 4.24. The molecule has 2 aromatic carbocycles. The molecular formula is C21H19BrClFN4O3. The Hall–Kier alpha value is -2.75. The summed E-state index contributed by atoms with van der Waals surface area (Å²) >= 11 is 9.31. The number of halogens is 3. The fraction of sp³-hybridized carbons (Fsp3) is 0.190. The molecule has 0 aliphatic heterocycles. The molecule has 1 heterocycles. The Morgan fingerprint density at radius 3 is 2.84 bits per heavy atom. The highest BCUT2D eigenvalue weighted by Crippen LogP contribution is 2.24. The fourth-order valence-electron chi connectivity index (χ4n) is 2.74. The lowest BCUT2D eigenvalue weighted by molar-refractivity contribution is -0.120. The zero-order valence-electron chi connectivity index (χ0n) is 16.3. The van der Waals surface area contributed by atoms with Gasteiger partial charge in [-0.1, -0.05) is 51.8 Å². The number of hydrogen-bond donors (Lipinski definition) is 3. The molecule has 10 heteroatoms.